The van der Waals surface area contributed by atoms with Crippen molar-refractivity contribution in [1.29, 1.82) is 0 Å². The Morgan fingerprint density at radius 2 is 1.57 bits per heavy atom. The van der Waals surface area contributed by atoms with Crippen molar-refractivity contribution in [3.63, 3.8) is 0 Å². The van der Waals surface area contributed by atoms with Gasteiger partial charge in [-0.05, 0) is 36.0 Å². The molecule has 0 heterocycles. The van der Waals surface area contributed by atoms with Gasteiger partial charge in [-0.25, -0.2) is 0 Å². The van der Waals surface area contributed by atoms with E-state index in [1.807, 2.05) is 0 Å². The van der Waals surface area contributed by atoms with Crippen LogP contribution in [0.3, 0.4) is 0 Å². The molecular formula is C14H26. The van der Waals surface area contributed by atoms with E-state index in [4.69, 9.17) is 0 Å². The van der Waals surface area contributed by atoms with Crippen LogP contribution in [0, 0.1) is 23.2 Å². The van der Waals surface area contributed by atoms with E-state index in [0.29, 0.717) is 5.41 Å². The lowest BCUT2D eigenvalue weighted by atomic mass is 9.59. The minimum Gasteiger partial charge on any atom is -0.0625 e. The Balaban J connectivity index is 2.08. The predicted molar refractivity (Wildman–Crippen MR) is 62.2 cm³/mol. The van der Waals surface area contributed by atoms with Crippen LogP contribution in [0.1, 0.15) is 65.7 Å². The van der Waals surface area contributed by atoms with Crippen molar-refractivity contribution in [2.24, 2.45) is 23.2 Å². The molecule has 1 unspecified atom stereocenters. The summed E-state index contributed by atoms with van der Waals surface area (Å²) in [6, 6.07) is 0. The average Bonchev–Trinajstić information content (AvgIpc) is 2.44. The third-order valence-electron chi connectivity index (χ3n) is 4.93. The SMILES string of the molecule is CC(C)C(C1CCC1)C1(C)CCCC1. The van der Waals surface area contributed by atoms with Crippen LogP contribution in [0.5, 0.6) is 0 Å². The van der Waals surface area contributed by atoms with Crippen LogP contribution in [0.25, 0.3) is 0 Å². The van der Waals surface area contributed by atoms with E-state index in [0.717, 1.165) is 17.8 Å². The molecule has 0 nitrogen and oxygen atoms in total. The molecule has 0 aromatic heterocycles. The zero-order chi connectivity index (χ0) is 10.2. The molecule has 0 saturated heterocycles. The molecule has 2 fully saturated rings. The van der Waals surface area contributed by atoms with Crippen LogP contribution >= 0.6 is 0 Å². The monoisotopic (exact) mass is 194 g/mol. The van der Waals surface area contributed by atoms with Gasteiger partial charge in [0.2, 0.25) is 0 Å². The second kappa shape index (κ2) is 3.87. The lowest BCUT2D eigenvalue weighted by Gasteiger charge is -2.46. The Morgan fingerprint density at radius 3 is 1.93 bits per heavy atom. The van der Waals surface area contributed by atoms with E-state index >= 15 is 0 Å². The zero-order valence-electron chi connectivity index (χ0n) is 10.2. The molecule has 2 rings (SSSR count). The molecule has 2 saturated carbocycles. The van der Waals surface area contributed by atoms with Gasteiger partial charge in [-0.15, -0.1) is 0 Å². The van der Waals surface area contributed by atoms with Crippen LogP contribution in [-0.4, -0.2) is 0 Å². The van der Waals surface area contributed by atoms with Gasteiger partial charge in [-0.3, -0.25) is 0 Å². The van der Waals surface area contributed by atoms with Crippen molar-refractivity contribution < 1.29 is 0 Å². The number of rotatable bonds is 3. The molecule has 0 bridgehead atoms. The van der Waals surface area contributed by atoms with Gasteiger partial charge in [-0.2, -0.15) is 0 Å². The first-order valence-corrected chi connectivity index (χ1v) is 6.63. The number of hydrogen-bond acceptors (Lipinski definition) is 0. The van der Waals surface area contributed by atoms with E-state index in [9.17, 15) is 0 Å². The summed E-state index contributed by atoms with van der Waals surface area (Å²) in [5, 5.41) is 0. The lowest BCUT2D eigenvalue weighted by molar-refractivity contribution is 0.0363. The summed E-state index contributed by atoms with van der Waals surface area (Å²) < 4.78 is 0. The standard InChI is InChI=1S/C14H26/c1-11(2)13(12-7-6-8-12)14(3)9-4-5-10-14/h11-13H,4-10H2,1-3H3. The van der Waals surface area contributed by atoms with E-state index < -0.39 is 0 Å². The van der Waals surface area contributed by atoms with Crippen LogP contribution < -0.4 is 0 Å². The topological polar surface area (TPSA) is 0 Å². The molecule has 82 valence electrons. The highest BCUT2D eigenvalue weighted by atomic mass is 14.5. The maximum Gasteiger partial charge on any atom is -0.0292 e. The highest BCUT2D eigenvalue weighted by Crippen LogP contribution is 2.53. The molecule has 0 amide bonds. The second-order valence-electron chi connectivity index (χ2n) is 6.32. The molecule has 0 aliphatic heterocycles. The molecule has 0 radical (unpaired) electrons. The van der Waals surface area contributed by atoms with Crippen molar-refractivity contribution in [3.8, 4) is 0 Å². The molecular weight excluding hydrogens is 168 g/mol. The van der Waals surface area contributed by atoms with Crippen molar-refractivity contribution in [3.05, 3.63) is 0 Å². The maximum atomic E-state index is 2.57. The van der Waals surface area contributed by atoms with Gasteiger partial charge in [-0.1, -0.05) is 52.9 Å². The highest BCUT2D eigenvalue weighted by Gasteiger charge is 2.43. The normalized spacial score (nSPS) is 29.1. The zero-order valence-corrected chi connectivity index (χ0v) is 10.2. The number of hydrogen-bond donors (Lipinski definition) is 0. The predicted octanol–water partition coefficient (Wildman–Crippen LogP) is 4.64. The largest absolute Gasteiger partial charge is 0.0625 e. The van der Waals surface area contributed by atoms with E-state index in [1.165, 1.54) is 44.9 Å². The molecule has 14 heavy (non-hydrogen) atoms. The van der Waals surface area contributed by atoms with Crippen LogP contribution in [-0.2, 0) is 0 Å². The summed E-state index contributed by atoms with van der Waals surface area (Å²) in [5.74, 6) is 3.01. The third-order valence-corrected chi connectivity index (χ3v) is 4.93. The van der Waals surface area contributed by atoms with Crippen LogP contribution in [0.4, 0.5) is 0 Å². The van der Waals surface area contributed by atoms with Gasteiger partial charge in [0.25, 0.3) is 0 Å². The maximum absolute atomic E-state index is 2.57. The van der Waals surface area contributed by atoms with Crippen LogP contribution in [0.15, 0.2) is 0 Å². The smallest absolute Gasteiger partial charge is 0.0292 e. The molecule has 0 aromatic rings. The van der Waals surface area contributed by atoms with Crippen molar-refractivity contribution >= 4 is 0 Å². The van der Waals surface area contributed by atoms with E-state index in [2.05, 4.69) is 20.8 Å². The Hall–Kier alpha value is 0. The molecule has 0 aromatic carbocycles. The minimum atomic E-state index is 0.708. The van der Waals surface area contributed by atoms with Crippen molar-refractivity contribution in [2.75, 3.05) is 0 Å². The molecule has 2 aliphatic rings. The van der Waals surface area contributed by atoms with Gasteiger partial charge in [0.05, 0.1) is 0 Å². The Bertz CT molecular complexity index is 182. The molecule has 2 aliphatic carbocycles. The van der Waals surface area contributed by atoms with E-state index in [-0.39, 0.29) is 0 Å². The van der Waals surface area contributed by atoms with Crippen molar-refractivity contribution in [2.45, 2.75) is 65.7 Å². The first-order chi connectivity index (χ1) is 6.63. The fraction of sp³-hybridized carbons (Fsp3) is 1.00. The summed E-state index contributed by atoms with van der Waals surface area (Å²) in [6.07, 6.45) is 10.6. The molecule has 0 spiro atoms. The van der Waals surface area contributed by atoms with Gasteiger partial charge in [0.15, 0.2) is 0 Å². The summed E-state index contributed by atoms with van der Waals surface area (Å²) in [7, 11) is 0. The summed E-state index contributed by atoms with van der Waals surface area (Å²) in [6.45, 7) is 7.47. The molecule has 0 heteroatoms. The third kappa shape index (κ3) is 1.73. The summed E-state index contributed by atoms with van der Waals surface area (Å²) in [4.78, 5) is 0. The summed E-state index contributed by atoms with van der Waals surface area (Å²) in [5.41, 5.74) is 0.708. The van der Waals surface area contributed by atoms with Gasteiger partial charge in [0.1, 0.15) is 0 Å². The Labute approximate surface area is 89.5 Å². The quantitative estimate of drug-likeness (QED) is 0.614. The molecule has 0 N–H and O–H groups in total. The van der Waals surface area contributed by atoms with Crippen LogP contribution in [0.2, 0.25) is 0 Å². The van der Waals surface area contributed by atoms with Gasteiger partial charge in [0, 0.05) is 0 Å². The highest BCUT2D eigenvalue weighted by molar-refractivity contribution is 4.93. The fourth-order valence-electron chi connectivity index (χ4n) is 4.23. The first-order valence-electron chi connectivity index (χ1n) is 6.63. The fourth-order valence-corrected chi connectivity index (χ4v) is 4.23. The Kier molecular flexibility index (Phi) is 2.91. The Morgan fingerprint density at radius 1 is 1.00 bits per heavy atom. The summed E-state index contributed by atoms with van der Waals surface area (Å²) >= 11 is 0. The minimum absolute atomic E-state index is 0.708. The average molecular weight is 194 g/mol. The van der Waals surface area contributed by atoms with Crippen molar-refractivity contribution in [1.82, 2.24) is 0 Å². The lowest BCUT2D eigenvalue weighted by Crippen LogP contribution is -2.37. The van der Waals surface area contributed by atoms with Gasteiger partial charge < -0.3 is 0 Å². The molecule has 1 atom stereocenters. The second-order valence-corrected chi connectivity index (χ2v) is 6.32. The van der Waals surface area contributed by atoms with Gasteiger partial charge >= 0.3 is 0 Å². The van der Waals surface area contributed by atoms with E-state index in [1.54, 1.807) is 0 Å². The first kappa shape index (κ1) is 10.5.